The van der Waals surface area contributed by atoms with E-state index in [0.717, 1.165) is 11.1 Å². The molecular formula is C30H31N7O4S. The van der Waals surface area contributed by atoms with Gasteiger partial charge in [-0.15, -0.1) is 5.10 Å². The van der Waals surface area contributed by atoms with E-state index in [4.69, 9.17) is 0 Å². The first-order chi connectivity index (χ1) is 20.4. The largest absolute Gasteiger partial charge is 0.326 e. The van der Waals surface area contributed by atoms with Crippen LogP contribution in [0.2, 0.25) is 0 Å². The minimum Gasteiger partial charge on any atom is -0.307 e. The number of carbonyl (C=O) groups is 2. The van der Waals surface area contributed by atoms with Crippen LogP contribution in [-0.4, -0.2) is 46.7 Å². The van der Waals surface area contributed by atoms with Gasteiger partial charge >= 0.3 is 6.03 Å². The monoisotopic (exact) mass is 585 g/mol. The van der Waals surface area contributed by atoms with Gasteiger partial charge in [-0.1, -0.05) is 54.7 Å². The van der Waals surface area contributed by atoms with Crippen molar-refractivity contribution in [2.75, 3.05) is 21.3 Å². The summed E-state index contributed by atoms with van der Waals surface area (Å²) in [6.07, 6.45) is 6.59. The normalized spacial score (nSPS) is 16.0. The molecule has 3 aromatic carbocycles. The second-order valence-corrected chi connectivity index (χ2v) is 12.8. The van der Waals surface area contributed by atoms with Gasteiger partial charge in [-0.2, -0.15) is 5.21 Å². The van der Waals surface area contributed by atoms with Crippen molar-refractivity contribution in [1.29, 1.82) is 0 Å². The maximum atomic E-state index is 13.7. The third-order valence-corrected chi connectivity index (χ3v) is 9.74. The topological polar surface area (TPSA) is 150 Å². The Labute approximate surface area is 243 Å². The standard InChI is InChI=1S/C30H31N7O4S/c38-28(32-29-33-35-36-34-29)24-8-6-20(7-9-24)19-37(26-14-11-22(12-15-26)21-4-2-1-3-5-21)30(39)31-25-13-10-23-16-17-42(40,41)27(23)18-25/h6-15,18,21H,1-5,16-17,19H2,(H,31,39)(H2,32,33,34,35,36,38). The SMILES string of the molecule is O=C(Nc1nn[nH]n1)c1ccc(CN(C(=O)Nc2ccc3c(c2)S(=O)(=O)CC3)c2ccc(C3CCCCC3)cc2)cc1. The van der Waals surface area contributed by atoms with E-state index in [0.29, 0.717) is 29.3 Å². The summed E-state index contributed by atoms with van der Waals surface area (Å²) in [5, 5.41) is 18.6. The number of rotatable bonds is 7. The molecule has 1 aliphatic carbocycles. The zero-order valence-corrected chi connectivity index (χ0v) is 23.7. The number of carbonyl (C=O) groups excluding carboxylic acids is 2. The molecule has 3 N–H and O–H groups in total. The number of sulfone groups is 1. The van der Waals surface area contributed by atoms with Gasteiger partial charge in [-0.3, -0.25) is 15.0 Å². The Kier molecular flexibility index (Phi) is 7.70. The van der Waals surface area contributed by atoms with Crippen molar-refractivity contribution in [2.24, 2.45) is 0 Å². The Bertz CT molecular complexity index is 1680. The van der Waals surface area contributed by atoms with Crippen molar-refractivity contribution in [2.45, 2.75) is 55.9 Å². The highest BCUT2D eigenvalue weighted by Crippen LogP contribution is 2.34. The quantitative estimate of drug-likeness (QED) is 0.274. The van der Waals surface area contributed by atoms with E-state index in [1.807, 2.05) is 12.1 Å². The van der Waals surface area contributed by atoms with E-state index in [2.05, 4.69) is 43.4 Å². The van der Waals surface area contributed by atoms with Gasteiger partial charge in [0.05, 0.1) is 17.2 Å². The van der Waals surface area contributed by atoms with Crippen LogP contribution in [0, 0.1) is 0 Å². The van der Waals surface area contributed by atoms with Gasteiger partial charge < -0.3 is 5.32 Å². The van der Waals surface area contributed by atoms with Crippen molar-refractivity contribution in [1.82, 2.24) is 20.6 Å². The van der Waals surface area contributed by atoms with Crippen LogP contribution >= 0.6 is 0 Å². The van der Waals surface area contributed by atoms with Crippen molar-refractivity contribution in [3.05, 3.63) is 89.0 Å². The highest BCUT2D eigenvalue weighted by molar-refractivity contribution is 7.91. The number of hydrogen-bond donors (Lipinski definition) is 3. The van der Waals surface area contributed by atoms with Crippen LogP contribution in [-0.2, 0) is 22.8 Å². The first kappa shape index (κ1) is 27.6. The summed E-state index contributed by atoms with van der Waals surface area (Å²) in [6.45, 7) is 0.227. The average molecular weight is 586 g/mol. The van der Waals surface area contributed by atoms with Gasteiger partial charge in [-0.05, 0) is 83.5 Å². The number of aromatic nitrogens is 4. The van der Waals surface area contributed by atoms with Crippen molar-refractivity contribution < 1.29 is 18.0 Å². The van der Waals surface area contributed by atoms with Crippen LogP contribution in [0.25, 0.3) is 0 Å². The number of anilines is 3. The van der Waals surface area contributed by atoms with Crippen LogP contribution in [0.15, 0.2) is 71.6 Å². The fraction of sp³-hybridized carbons (Fsp3) is 0.300. The third kappa shape index (κ3) is 6.03. The second kappa shape index (κ2) is 11.7. The summed E-state index contributed by atoms with van der Waals surface area (Å²) in [5.41, 5.74) is 4.37. The fourth-order valence-corrected chi connectivity index (χ4v) is 7.23. The predicted octanol–water partition coefficient (Wildman–Crippen LogP) is 5.07. The number of amides is 3. The Balaban J connectivity index is 1.23. The molecule has 4 aromatic rings. The summed E-state index contributed by atoms with van der Waals surface area (Å²) in [6, 6.07) is 19.7. The number of fused-ring (bicyclic) bond motifs is 1. The number of tetrazole rings is 1. The fourth-order valence-electron chi connectivity index (χ4n) is 5.65. The minimum absolute atomic E-state index is 0.0722. The average Bonchev–Trinajstić information content (AvgIpc) is 3.63. The molecule has 3 amide bonds. The van der Waals surface area contributed by atoms with Gasteiger partial charge in [0.15, 0.2) is 9.84 Å². The molecule has 0 unspecified atom stereocenters. The lowest BCUT2D eigenvalue weighted by molar-refractivity contribution is 0.102. The number of nitrogens with zero attached hydrogens (tertiary/aromatic N) is 4. The molecule has 1 aromatic heterocycles. The molecule has 0 bridgehead atoms. The second-order valence-electron chi connectivity index (χ2n) is 10.7. The molecule has 1 fully saturated rings. The Morgan fingerprint density at radius 2 is 1.69 bits per heavy atom. The molecule has 11 nitrogen and oxygen atoms in total. The molecular weight excluding hydrogens is 554 g/mol. The number of nitrogens with one attached hydrogen (secondary N) is 3. The zero-order valence-electron chi connectivity index (χ0n) is 22.9. The number of urea groups is 1. The molecule has 0 atom stereocenters. The van der Waals surface area contributed by atoms with Crippen molar-refractivity contribution >= 4 is 39.1 Å². The summed E-state index contributed by atoms with van der Waals surface area (Å²) in [7, 11) is -3.34. The maximum absolute atomic E-state index is 13.7. The summed E-state index contributed by atoms with van der Waals surface area (Å²) >= 11 is 0. The van der Waals surface area contributed by atoms with Gasteiger partial charge in [0.2, 0.25) is 0 Å². The molecule has 1 saturated carbocycles. The minimum atomic E-state index is -3.34. The molecule has 1 aliphatic heterocycles. The van der Waals surface area contributed by atoms with E-state index >= 15 is 0 Å². The zero-order chi connectivity index (χ0) is 29.1. The summed E-state index contributed by atoms with van der Waals surface area (Å²) in [5.74, 6) is 0.308. The molecule has 6 rings (SSSR count). The number of benzene rings is 3. The Morgan fingerprint density at radius 3 is 2.40 bits per heavy atom. The number of aromatic amines is 1. The van der Waals surface area contributed by atoms with Gasteiger partial charge in [-0.25, -0.2) is 13.2 Å². The summed E-state index contributed by atoms with van der Waals surface area (Å²) < 4.78 is 24.9. The molecule has 12 heteroatoms. The first-order valence-electron chi connectivity index (χ1n) is 14.0. The lowest BCUT2D eigenvalue weighted by Gasteiger charge is -2.26. The molecule has 216 valence electrons. The first-order valence-corrected chi connectivity index (χ1v) is 15.7. The Morgan fingerprint density at radius 1 is 0.929 bits per heavy atom. The van der Waals surface area contributed by atoms with Crippen LogP contribution in [0.1, 0.15) is 65.1 Å². The molecule has 2 aliphatic rings. The Hall–Kier alpha value is -4.58. The third-order valence-electron chi connectivity index (χ3n) is 7.95. The van der Waals surface area contributed by atoms with Crippen LogP contribution in [0.4, 0.5) is 22.1 Å². The molecule has 42 heavy (non-hydrogen) atoms. The van der Waals surface area contributed by atoms with E-state index in [9.17, 15) is 18.0 Å². The van der Waals surface area contributed by atoms with Crippen LogP contribution in [0.3, 0.4) is 0 Å². The van der Waals surface area contributed by atoms with Gasteiger partial charge in [0.1, 0.15) is 0 Å². The lowest BCUT2D eigenvalue weighted by atomic mass is 9.84. The molecule has 0 radical (unpaired) electrons. The lowest BCUT2D eigenvalue weighted by Crippen LogP contribution is -2.34. The highest BCUT2D eigenvalue weighted by Gasteiger charge is 2.27. The number of aryl methyl sites for hydroxylation is 1. The van der Waals surface area contributed by atoms with E-state index in [1.165, 1.54) is 43.7 Å². The van der Waals surface area contributed by atoms with E-state index in [-0.39, 0.29) is 29.0 Å². The molecule has 0 spiro atoms. The summed E-state index contributed by atoms with van der Waals surface area (Å²) in [4.78, 5) is 28.1. The number of hydrogen-bond acceptors (Lipinski definition) is 7. The maximum Gasteiger partial charge on any atom is 0.326 e. The molecule has 0 saturated heterocycles. The van der Waals surface area contributed by atoms with Crippen molar-refractivity contribution in [3.8, 4) is 0 Å². The molecule has 2 heterocycles. The highest BCUT2D eigenvalue weighted by atomic mass is 32.2. The van der Waals surface area contributed by atoms with Crippen molar-refractivity contribution in [3.63, 3.8) is 0 Å². The smallest absolute Gasteiger partial charge is 0.307 e. The predicted molar refractivity (Wildman–Crippen MR) is 158 cm³/mol. The van der Waals surface area contributed by atoms with Crippen LogP contribution < -0.4 is 15.5 Å². The van der Waals surface area contributed by atoms with E-state index in [1.54, 1.807) is 41.3 Å². The number of H-pyrrole nitrogens is 1. The van der Waals surface area contributed by atoms with Crippen LogP contribution in [0.5, 0.6) is 0 Å². The van der Waals surface area contributed by atoms with Gasteiger partial charge in [0.25, 0.3) is 11.9 Å². The van der Waals surface area contributed by atoms with Gasteiger partial charge in [0, 0.05) is 16.9 Å². The van der Waals surface area contributed by atoms with E-state index < -0.39 is 15.9 Å².